The molecule has 1 heterocycles. The highest BCUT2D eigenvalue weighted by Gasteiger charge is 2.48. The highest BCUT2D eigenvalue weighted by Crippen LogP contribution is 2.57. The molecule has 5 rings (SSSR count). The van der Waals surface area contributed by atoms with Crippen molar-refractivity contribution in [3.63, 3.8) is 0 Å². The minimum atomic E-state index is 0.552. The monoisotopic (exact) mass is 274 g/mol. The van der Waals surface area contributed by atoms with Crippen molar-refractivity contribution in [3.05, 3.63) is 24.0 Å². The van der Waals surface area contributed by atoms with Crippen LogP contribution in [-0.4, -0.2) is 10.2 Å². The second-order valence-electron chi connectivity index (χ2n) is 6.70. The number of hydrogen-bond donors (Lipinski definition) is 1. The summed E-state index contributed by atoms with van der Waals surface area (Å²) in [5, 5.41) is 0.862. The van der Waals surface area contributed by atoms with Crippen molar-refractivity contribution in [3.8, 4) is 0 Å². The maximum Gasteiger partial charge on any atom is 0.0550 e. The normalized spacial score (nSPS) is 39.7. The van der Waals surface area contributed by atoms with Crippen molar-refractivity contribution in [2.75, 3.05) is 0 Å². The Labute approximate surface area is 119 Å². The fraction of sp³-hybridized carbons (Fsp3) is 0.688. The van der Waals surface area contributed by atoms with Gasteiger partial charge in [0.25, 0.3) is 0 Å². The standard InChI is InChI=1S/C16H22N2S/c17-9-14-8-15(1-2-18-14)19-16-12-4-10-3-11(6-12)7-13(16)5-10/h1-2,8,10-13,16H,3-7,9,17H2. The predicted octanol–water partition coefficient (Wildman–Crippen LogP) is 3.46. The van der Waals surface area contributed by atoms with Crippen molar-refractivity contribution in [2.24, 2.45) is 29.4 Å². The van der Waals surface area contributed by atoms with Crippen LogP contribution in [-0.2, 0) is 6.54 Å². The van der Waals surface area contributed by atoms with Crippen LogP contribution in [0.25, 0.3) is 0 Å². The maximum atomic E-state index is 5.70. The molecule has 0 spiro atoms. The zero-order valence-electron chi connectivity index (χ0n) is 11.3. The molecule has 1 aromatic rings. The summed E-state index contributed by atoms with van der Waals surface area (Å²) < 4.78 is 0. The Morgan fingerprint density at radius 1 is 1.11 bits per heavy atom. The Morgan fingerprint density at radius 3 is 2.42 bits per heavy atom. The summed E-state index contributed by atoms with van der Waals surface area (Å²) in [4.78, 5) is 5.69. The van der Waals surface area contributed by atoms with Crippen molar-refractivity contribution in [1.29, 1.82) is 0 Å². The molecule has 0 saturated heterocycles. The molecule has 0 aromatic carbocycles. The predicted molar refractivity (Wildman–Crippen MR) is 78.8 cm³/mol. The largest absolute Gasteiger partial charge is 0.325 e. The molecule has 3 heteroatoms. The van der Waals surface area contributed by atoms with E-state index in [1.54, 1.807) is 0 Å². The third-order valence-electron chi connectivity index (χ3n) is 5.41. The number of hydrogen-bond acceptors (Lipinski definition) is 3. The van der Waals surface area contributed by atoms with E-state index < -0.39 is 0 Å². The van der Waals surface area contributed by atoms with Gasteiger partial charge in [0.1, 0.15) is 0 Å². The molecule has 1 aromatic heterocycles. The molecule has 0 amide bonds. The Hall–Kier alpha value is -0.540. The maximum absolute atomic E-state index is 5.70. The lowest BCUT2D eigenvalue weighted by Gasteiger charge is -2.54. The van der Waals surface area contributed by atoms with Gasteiger partial charge in [-0.25, -0.2) is 0 Å². The number of aromatic nitrogens is 1. The van der Waals surface area contributed by atoms with E-state index in [0.717, 1.165) is 34.6 Å². The van der Waals surface area contributed by atoms with Gasteiger partial charge in [-0.3, -0.25) is 4.98 Å². The Kier molecular flexibility index (Phi) is 3.07. The second-order valence-corrected chi connectivity index (χ2v) is 7.95. The van der Waals surface area contributed by atoms with Crippen LogP contribution in [0.1, 0.15) is 37.8 Å². The van der Waals surface area contributed by atoms with Crippen molar-refractivity contribution < 1.29 is 0 Å². The molecule has 0 aliphatic heterocycles. The van der Waals surface area contributed by atoms with Crippen LogP contribution in [0.5, 0.6) is 0 Å². The minimum absolute atomic E-state index is 0.552. The minimum Gasteiger partial charge on any atom is -0.325 e. The van der Waals surface area contributed by atoms with Crippen LogP contribution in [0.2, 0.25) is 0 Å². The SMILES string of the molecule is NCc1cc(SC2C3CC4CC(C3)CC2C4)ccn1. The molecule has 4 saturated carbocycles. The summed E-state index contributed by atoms with van der Waals surface area (Å²) in [5.41, 5.74) is 6.72. The first kappa shape index (κ1) is 12.2. The fourth-order valence-electron chi connectivity index (χ4n) is 4.87. The van der Waals surface area contributed by atoms with Crippen molar-refractivity contribution in [1.82, 2.24) is 4.98 Å². The van der Waals surface area contributed by atoms with E-state index in [-0.39, 0.29) is 0 Å². The van der Waals surface area contributed by atoms with E-state index >= 15 is 0 Å². The topological polar surface area (TPSA) is 38.9 Å². The Balaban J connectivity index is 1.53. The molecule has 0 unspecified atom stereocenters. The highest BCUT2D eigenvalue weighted by atomic mass is 32.2. The van der Waals surface area contributed by atoms with E-state index in [2.05, 4.69) is 28.9 Å². The summed E-state index contributed by atoms with van der Waals surface area (Å²) in [7, 11) is 0. The highest BCUT2D eigenvalue weighted by molar-refractivity contribution is 8.00. The molecular weight excluding hydrogens is 252 g/mol. The van der Waals surface area contributed by atoms with E-state index in [1.165, 1.54) is 37.0 Å². The van der Waals surface area contributed by atoms with Gasteiger partial charge in [0, 0.05) is 22.9 Å². The first-order chi connectivity index (χ1) is 9.31. The lowest BCUT2D eigenvalue weighted by Crippen LogP contribution is -2.46. The van der Waals surface area contributed by atoms with Crippen LogP contribution in [0, 0.1) is 23.7 Å². The van der Waals surface area contributed by atoms with Crippen LogP contribution in [0.3, 0.4) is 0 Å². The smallest absolute Gasteiger partial charge is 0.0550 e. The van der Waals surface area contributed by atoms with Crippen LogP contribution < -0.4 is 5.73 Å². The van der Waals surface area contributed by atoms with Crippen molar-refractivity contribution >= 4 is 11.8 Å². The molecule has 0 radical (unpaired) electrons. The fourth-order valence-corrected chi connectivity index (χ4v) is 6.35. The quantitative estimate of drug-likeness (QED) is 0.917. The van der Waals surface area contributed by atoms with Crippen molar-refractivity contribution in [2.45, 2.75) is 48.8 Å². The molecule has 0 atom stereocenters. The van der Waals surface area contributed by atoms with Gasteiger partial charge < -0.3 is 5.73 Å². The molecule has 2 nitrogen and oxygen atoms in total. The summed E-state index contributed by atoms with van der Waals surface area (Å²) >= 11 is 2.11. The first-order valence-electron chi connectivity index (χ1n) is 7.63. The van der Waals surface area contributed by atoms with E-state index in [9.17, 15) is 0 Å². The molecule has 4 aliphatic rings. The van der Waals surface area contributed by atoms with Gasteiger partial charge in [0.2, 0.25) is 0 Å². The molecule has 2 N–H and O–H groups in total. The van der Waals surface area contributed by atoms with Gasteiger partial charge in [0.05, 0.1) is 5.69 Å². The van der Waals surface area contributed by atoms with E-state index in [1.807, 2.05) is 6.20 Å². The van der Waals surface area contributed by atoms with Crippen LogP contribution in [0.4, 0.5) is 0 Å². The van der Waals surface area contributed by atoms with Gasteiger partial charge in [-0.15, -0.1) is 11.8 Å². The third kappa shape index (κ3) is 2.21. The summed E-state index contributed by atoms with van der Waals surface area (Å²) in [6.45, 7) is 0.552. The summed E-state index contributed by atoms with van der Waals surface area (Å²) in [6.07, 6.45) is 9.45. The van der Waals surface area contributed by atoms with Gasteiger partial charge in [0.15, 0.2) is 0 Å². The average molecular weight is 274 g/mol. The molecule has 102 valence electrons. The molecule has 4 fully saturated rings. The zero-order valence-corrected chi connectivity index (χ0v) is 12.1. The van der Waals surface area contributed by atoms with E-state index in [4.69, 9.17) is 5.73 Å². The van der Waals surface area contributed by atoms with Gasteiger partial charge in [-0.2, -0.15) is 0 Å². The van der Waals surface area contributed by atoms with Gasteiger partial charge in [-0.1, -0.05) is 0 Å². The number of pyridine rings is 1. The molecule has 19 heavy (non-hydrogen) atoms. The molecular formula is C16H22N2S. The lowest BCUT2D eigenvalue weighted by molar-refractivity contribution is 0.0267. The Morgan fingerprint density at radius 2 is 1.79 bits per heavy atom. The van der Waals surface area contributed by atoms with E-state index in [0.29, 0.717) is 6.54 Å². The zero-order chi connectivity index (χ0) is 12.8. The molecule has 4 bridgehead atoms. The van der Waals surface area contributed by atoms with Crippen LogP contribution >= 0.6 is 11.8 Å². The number of rotatable bonds is 3. The Bertz CT molecular complexity index is 446. The third-order valence-corrected chi connectivity index (χ3v) is 6.98. The number of thioether (sulfide) groups is 1. The second kappa shape index (κ2) is 4.78. The van der Waals surface area contributed by atoms with Gasteiger partial charge in [-0.05, 0) is 67.9 Å². The first-order valence-corrected chi connectivity index (χ1v) is 8.51. The van der Waals surface area contributed by atoms with Gasteiger partial charge >= 0.3 is 0 Å². The average Bonchev–Trinajstić information content (AvgIpc) is 2.42. The van der Waals surface area contributed by atoms with Crippen LogP contribution in [0.15, 0.2) is 23.2 Å². The lowest BCUT2D eigenvalue weighted by atomic mass is 9.56. The summed E-state index contributed by atoms with van der Waals surface area (Å²) in [5.74, 6) is 4.10. The molecule has 4 aliphatic carbocycles. The number of nitrogens with zero attached hydrogens (tertiary/aromatic N) is 1. The summed E-state index contributed by atoms with van der Waals surface area (Å²) in [6, 6.07) is 4.35. The number of nitrogens with two attached hydrogens (primary N) is 1.